The molecule has 2 aromatic carbocycles. The number of carbonyl (C=O) groups is 1. The molecule has 1 amide bonds. The number of benzene rings is 2. The molecular weight excluding hydrogens is 448 g/mol. The standard InChI is InChI=1S/C22H27BrN4O3/c1-16-3-5-17(6-4-16)14-26-7-9-27(10-8-26)15-21(28)25-24-13-18-11-19(23)22(29)20(12-18)30-2/h3-6,11-13,29H,7-10,14-15H2,1-2H3,(H,25,28)/b24-13-. The van der Waals surface area contributed by atoms with Gasteiger partial charge in [-0.1, -0.05) is 29.8 Å². The van der Waals surface area contributed by atoms with E-state index in [1.54, 1.807) is 12.1 Å². The zero-order valence-electron chi connectivity index (χ0n) is 17.3. The Morgan fingerprint density at radius 3 is 2.53 bits per heavy atom. The van der Waals surface area contributed by atoms with Crippen LogP contribution in [0.2, 0.25) is 0 Å². The van der Waals surface area contributed by atoms with Gasteiger partial charge >= 0.3 is 0 Å². The fourth-order valence-corrected chi connectivity index (χ4v) is 3.76. The van der Waals surface area contributed by atoms with E-state index in [1.165, 1.54) is 24.5 Å². The van der Waals surface area contributed by atoms with Gasteiger partial charge < -0.3 is 9.84 Å². The average molecular weight is 475 g/mol. The SMILES string of the molecule is COc1cc(/C=N\NC(=O)CN2CCN(Cc3ccc(C)cc3)CC2)cc(Br)c1O. The topological polar surface area (TPSA) is 77.4 Å². The summed E-state index contributed by atoms with van der Waals surface area (Å²) in [4.78, 5) is 16.7. The van der Waals surface area contributed by atoms with Gasteiger partial charge in [0.25, 0.3) is 5.91 Å². The van der Waals surface area contributed by atoms with Crippen LogP contribution in [0.3, 0.4) is 0 Å². The number of amides is 1. The second-order valence-electron chi connectivity index (χ2n) is 7.38. The van der Waals surface area contributed by atoms with Crippen molar-refractivity contribution in [3.8, 4) is 11.5 Å². The molecule has 1 aliphatic rings. The van der Waals surface area contributed by atoms with Gasteiger partial charge in [-0.2, -0.15) is 5.10 Å². The number of nitrogens with zero attached hydrogens (tertiary/aromatic N) is 3. The first-order valence-corrected chi connectivity index (χ1v) is 10.6. The van der Waals surface area contributed by atoms with Crippen molar-refractivity contribution in [2.75, 3.05) is 39.8 Å². The Bertz CT molecular complexity index is 894. The first-order valence-electron chi connectivity index (χ1n) is 9.83. The van der Waals surface area contributed by atoms with Crippen LogP contribution in [-0.2, 0) is 11.3 Å². The quantitative estimate of drug-likeness (QED) is 0.476. The van der Waals surface area contributed by atoms with E-state index in [9.17, 15) is 9.90 Å². The normalized spacial score (nSPS) is 15.4. The van der Waals surface area contributed by atoms with Crippen LogP contribution in [0, 0.1) is 6.92 Å². The highest BCUT2D eigenvalue weighted by atomic mass is 79.9. The highest BCUT2D eigenvalue weighted by Gasteiger charge is 2.18. The van der Waals surface area contributed by atoms with Crippen LogP contribution in [0.15, 0.2) is 46.0 Å². The van der Waals surface area contributed by atoms with E-state index in [0.717, 1.165) is 32.7 Å². The van der Waals surface area contributed by atoms with Gasteiger partial charge in [-0.25, -0.2) is 5.43 Å². The molecule has 0 spiro atoms. The summed E-state index contributed by atoms with van der Waals surface area (Å²) in [5.41, 5.74) is 5.85. The van der Waals surface area contributed by atoms with Crippen molar-refractivity contribution in [2.45, 2.75) is 13.5 Å². The van der Waals surface area contributed by atoms with Gasteiger partial charge in [0.05, 0.1) is 24.3 Å². The Balaban J connectivity index is 1.42. The molecule has 7 nitrogen and oxygen atoms in total. The molecule has 1 fully saturated rings. The molecule has 2 aromatic rings. The first-order chi connectivity index (χ1) is 14.4. The number of aryl methyl sites for hydroxylation is 1. The predicted octanol–water partition coefficient (Wildman–Crippen LogP) is 2.74. The average Bonchev–Trinajstić information content (AvgIpc) is 2.73. The summed E-state index contributed by atoms with van der Waals surface area (Å²) < 4.78 is 5.60. The van der Waals surface area contributed by atoms with E-state index in [1.807, 2.05) is 0 Å². The number of aromatic hydroxyl groups is 1. The minimum atomic E-state index is -0.150. The molecule has 1 saturated heterocycles. The molecule has 0 radical (unpaired) electrons. The number of halogens is 1. The van der Waals surface area contributed by atoms with Crippen LogP contribution in [-0.4, -0.2) is 66.9 Å². The molecule has 0 atom stereocenters. The van der Waals surface area contributed by atoms with E-state index >= 15 is 0 Å². The predicted molar refractivity (Wildman–Crippen MR) is 121 cm³/mol. The fourth-order valence-electron chi connectivity index (χ4n) is 3.30. The van der Waals surface area contributed by atoms with E-state index in [0.29, 0.717) is 22.3 Å². The summed E-state index contributed by atoms with van der Waals surface area (Å²) in [6.45, 7) is 6.93. The summed E-state index contributed by atoms with van der Waals surface area (Å²) >= 11 is 3.26. The van der Waals surface area contributed by atoms with E-state index in [4.69, 9.17) is 4.74 Å². The van der Waals surface area contributed by atoms with Gasteiger partial charge in [0.15, 0.2) is 11.5 Å². The summed E-state index contributed by atoms with van der Waals surface area (Å²) in [5, 5.41) is 13.8. The molecule has 0 aliphatic carbocycles. The Kier molecular flexibility index (Phi) is 7.84. The second-order valence-corrected chi connectivity index (χ2v) is 8.24. The lowest BCUT2D eigenvalue weighted by Crippen LogP contribution is -2.48. The number of phenols is 1. The van der Waals surface area contributed by atoms with Crippen molar-refractivity contribution in [1.29, 1.82) is 0 Å². The van der Waals surface area contributed by atoms with E-state index in [-0.39, 0.29) is 11.7 Å². The van der Waals surface area contributed by atoms with Crippen LogP contribution in [0.4, 0.5) is 0 Å². The molecule has 0 saturated carbocycles. The lowest BCUT2D eigenvalue weighted by molar-refractivity contribution is -0.122. The Morgan fingerprint density at radius 1 is 1.20 bits per heavy atom. The number of phenolic OH excluding ortho intramolecular Hbond substituents is 1. The smallest absolute Gasteiger partial charge is 0.254 e. The van der Waals surface area contributed by atoms with Crippen molar-refractivity contribution < 1.29 is 14.6 Å². The molecule has 2 N–H and O–H groups in total. The third-order valence-electron chi connectivity index (χ3n) is 5.03. The van der Waals surface area contributed by atoms with Gasteiger partial charge in [0, 0.05) is 32.7 Å². The van der Waals surface area contributed by atoms with Crippen LogP contribution in [0.25, 0.3) is 0 Å². The maximum Gasteiger partial charge on any atom is 0.254 e. The second kappa shape index (κ2) is 10.6. The van der Waals surface area contributed by atoms with Crippen molar-refractivity contribution in [1.82, 2.24) is 15.2 Å². The first kappa shape index (κ1) is 22.3. The number of carbonyl (C=O) groups excluding carboxylic acids is 1. The van der Waals surface area contributed by atoms with E-state index < -0.39 is 0 Å². The molecule has 30 heavy (non-hydrogen) atoms. The number of nitrogens with one attached hydrogen (secondary N) is 1. The molecule has 0 bridgehead atoms. The highest BCUT2D eigenvalue weighted by Crippen LogP contribution is 2.34. The van der Waals surface area contributed by atoms with Gasteiger partial charge in [0.1, 0.15) is 0 Å². The summed E-state index contributed by atoms with van der Waals surface area (Å²) in [6, 6.07) is 12.0. The molecule has 0 aromatic heterocycles. The number of methoxy groups -OCH3 is 1. The maximum absolute atomic E-state index is 12.2. The van der Waals surface area contributed by atoms with Crippen LogP contribution >= 0.6 is 15.9 Å². The third kappa shape index (κ3) is 6.29. The lowest BCUT2D eigenvalue weighted by Gasteiger charge is -2.34. The van der Waals surface area contributed by atoms with E-state index in [2.05, 4.69) is 67.4 Å². The molecule has 160 valence electrons. The number of ether oxygens (including phenoxy) is 1. The minimum absolute atomic E-state index is 0.0280. The Hall–Kier alpha value is -2.42. The summed E-state index contributed by atoms with van der Waals surface area (Å²) in [5.74, 6) is 0.212. The molecule has 8 heteroatoms. The maximum atomic E-state index is 12.2. The lowest BCUT2D eigenvalue weighted by atomic mass is 10.1. The van der Waals surface area contributed by atoms with Crippen molar-refractivity contribution in [2.24, 2.45) is 5.10 Å². The van der Waals surface area contributed by atoms with Crippen molar-refractivity contribution in [3.05, 3.63) is 57.6 Å². The Labute approximate surface area is 185 Å². The minimum Gasteiger partial charge on any atom is -0.503 e. The summed E-state index contributed by atoms with van der Waals surface area (Å²) in [6.07, 6.45) is 1.52. The van der Waals surface area contributed by atoms with Crippen molar-refractivity contribution >= 4 is 28.1 Å². The number of hydrogen-bond acceptors (Lipinski definition) is 6. The number of rotatable bonds is 7. The van der Waals surface area contributed by atoms with Crippen LogP contribution < -0.4 is 10.2 Å². The van der Waals surface area contributed by atoms with Gasteiger partial charge in [-0.3, -0.25) is 14.6 Å². The third-order valence-corrected chi connectivity index (χ3v) is 5.64. The zero-order valence-corrected chi connectivity index (χ0v) is 18.9. The van der Waals surface area contributed by atoms with Crippen molar-refractivity contribution in [3.63, 3.8) is 0 Å². The largest absolute Gasteiger partial charge is 0.503 e. The number of piperazine rings is 1. The van der Waals surface area contributed by atoms with Crippen LogP contribution in [0.1, 0.15) is 16.7 Å². The number of hydrazone groups is 1. The van der Waals surface area contributed by atoms with Gasteiger partial charge in [-0.15, -0.1) is 0 Å². The Morgan fingerprint density at radius 2 is 1.87 bits per heavy atom. The molecule has 0 unspecified atom stereocenters. The fraction of sp³-hybridized carbons (Fsp3) is 0.364. The monoisotopic (exact) mass is 474 g/mol. The highest BCUT2D eigenvalue weighted by molar-refractivity contribution is 9.10. The zero-order chi connectivity index (χ0) is 21.5. The number of hydrogen-bond donors (Lipinski definition) is 2. The van der Waals surface area contributed by atoms with Gasteiger partial charge in [0.2, 0.25) is 0 Å². The molecule has 1 aliphatic heterocycles. The molecule has 1 heterocycles. The summed E-state index contributed by atoms with van der Waals surface area (Å²) in [7, 11) is 1.48. The molecule has 3 rings (SSSR count). The molecular formula is C22H27BrN4O3. The van der Waals surface area contributed by atoms with Crippen LogP contribution in [0.5, 0.6) is 11.5 Å². The van der Waals surface area contributed by atoms with Gasteiger partial charge in [-0.05, 0) is 46.1 Å².